The first-order valence-corrected chi connectivity index (χ1v) is 11.8. The number of esters is 1. The number of fused-ring (bicyclic) bond motifs is 3. The Labute approximate surface area is 186 Å². The van der Waals surface area contributed by atoms with E-state index in [0.29, 0.717) is 6.42 Å². The molecule has 2 N–H and O–H groups in total. The van der Waals surface area contributed by atoms with Gasteiger partial charge in [0.1, 0.15) is 6.04 Å². The van der Waals surface area contributed by atoms with Crippen molar-refractivity contribution in [2.45, 2.75) is 28.3 Å². The number of benzene rings is 3. The minimum atomic E-state index is -3.60. The molecule has 1 aliphatic rings. The Hall–Kier alpha value is -3.42. The summed E-state index contributed by atoms with van der Waals surface area (Å²) in [6.07, 6.45) is 0.517. The van der Waals surface area contributed by atoms with E-state index in [4.69, 9.17) is 4.74 Å². The normalized spacial score (nSPS) is 18.3. The largest absolute Gasteiger partial charge is 0.468 e. The summed E-state index contributed by atoms with van der Waals surface area (Å²) in [6.45, 7) is 0. The number of aromatic nitrogens is 1. The lowest BCUT2D eigenvalue weighted by Crippen LogP contribution is -2.45. The zero-order valence-corrected chi connectivity index (χ0v) is 18.2. The van der Waals surface area contributed by atoms with Crippen LogP contribution < -0.4 is 5.32 Å². The first-order chi connectivity index (χ1) is 15.5. The van der Waals surface area contributed by atoms with Gasteiger partial charge >= 0.3 is 5.97 Å². The van der Waals surface area contributed by atoms with E-state index in [1.165, 1.54) is 7.11 Å². The van der Waals surface area contributed by atoms with Crippen molar-refractivity contribution >= 4 is 26.7 Å². The lowest BCUT2D eigenvalue weighted by molar-refractivity contribution is -0.143. The lowest BCUT2D eigenvalue weighted by Gasteiger charge is -2.30. The fourth-order valence-electron chi connectivity index (χ4n) is 4.37. The summed E-state index contributed by atoms with van der Waals surface area (Å²) in [5.41, 5.74) is 3.90. The van der Waals surface area contributed by atoms with E-state index in [-0.39, 0.29) is 21.8 Å². The average molecular weight is 447 g/mol. The van der Waals surface area contributed by atoms with Crippen molar-refractivity contribution < 1.29 is 17.9 Å². The second-order valence-electron chi connectivity index (χ2n) is 7.83. The summed E-state index contributed by atoms with van der Waals surface area (Å²) in [6, 6.07) is 22.4. The minimum Gasteiger partial charge on any atom is -0.468 e. The molecule has 0 aliphatic carbocycles. The van der Waals surface area contributed by atoms with Gasteiger partial charge in [-0.05, 0) is 41.5 Å². The van der Waals surface area contributed by atoms with E-state index < -0.39 is 15.9 Å². The highest BCUT2D eigenvalue weighted by Crippen LogP contribution is 2.36. The summed E-state index contributed by atoms with van der Waals surface area (Å²) in [5, 5.41) is 4.45. The molecular weight excluding hydrogens is 424 g/mol. The molecule has 0 amide bonds. The summed E-state index contributed by atoms with van der Waals surface area (Å²) in [4.78, 5) is 16.3. The monoisotopic (exact) mass is 446 g/mol. The highest BCUT2D eigenvalue weighted by atomic mass is 32.2. The SMILES string of the molecule is COC(=O)C1Cc2c([nH]c3ccccc23)C(c2ccc(S(=O)(=O)c3ccccc3)cc2)N1. The number of rotatable bonds is 4. The van der Waals surface area contributed by atoms with Crippen LogP contribution in [0.5, 0.6) is 0 Å². The number of methoxy groups -OCH3 is 1. The third-order valence-electron chi connectivity index (χ3n) is 5.97. The minimum absolute atomic E-state index is 0.227. The maximum absolute atomic E-state index is 12.9. The third kappa shape index (κ3) is 3.39. The van der Waals surface area contributed by atoms with Crippen LogP contribution in [0.1, 0.15) is 22.9 Å². The molecule has 32 heavy (non-hydrogen) atoms. The van der Waals surface area contributed by atoms with Crippen molar-refractivity contribution in [2.75, 3.05) is 7.11 Å². The van der Waals surface area contributed by atoms with Crippen molar-refractivity contribution in [3.8, 4) is 0 Å². The Bertz CT molecular complexity index is 1390. The molecule has 0 bridgehead atoms. The molecule has 5 rings (SSSR count). The van der Waals surface area contributed by atoms with Crippen LogP contribution in [0.3, 0.4) is 0 Å². The first-order valence-electron chi connectivity index (χ1n) is 10.3. The molecular formula is C25H22N2O4S. The summed E-state index contributed by atoms with van der Waals surface area (Å²) in [5.74, 6) is -0.325. The second-order valence-corrected chi connectivity index (χ2v) is 9.78. The fraction of sp³-hybridized carbons (Fsp3) is 0.160. The van der Waals surface area contributed by atoms with Crippen LogP contribution in [0.25, 0.3) is 10.9 Å². The molecule has 0 saturated carbocycles. The number of carbonyl (C=O) groups excluding carboxylic acids is 1. The summed E-state index contributed by atoms with van der Waals surface area (Å²) < 4.78 is 30.9. The Balaban J connectivity index is 1.56. The zero-order chi connectivity index (χ0) is 22.3. The van der Waals surface area contributed by atoms with Crippen LogP contribution in [0, 0.1) is 0 Å². The molecule has 0 saturated heterocycles. The van der Waals surface area contributed by atoms with Crippen molar-refractivity contribution in [2.24, 2.45) is 0 Å². The van der Waals surface area contributed by atoms with Gasteiger partial charge in [0, 0.05) is 23.0 Å². The van der Waals surface area contributed by atoms with Crippen molar-refractivity contribution in [3.63, 3.8) is 0 Å². The van der Waals surface area contributed by atoms with Gasteiger partial charge in [0.05, 0.1) is 22.9 Å². The predicted molar refractivity (Wildman–Crippen MR) is 121 cm³/mol. The van der Waals surface area contributed by atoms with Gasteiger partial charge in [-0.25, -0.2) is 8.42 Å². The average Bonchev–Trinajstić information content (AvgIpc) is 3.22. The van der Waals surface area contributed by atoms with Crippen LogP contribution in [0.15, 0.2) is 88.7 Å². The summed E-state index contributed by atoms with van der Waals surface area (Å²) >= 11 is 0. The van der Waals surface area contributed by atoms with Crippen LogP contribution in [-0.2, 0) is 25.8 Å². The van der Waals surface area contributed by atoms with Gasteiger partial charge in [-0.2, -0.15) is 0 Å². The quantitative estimate of drug-likeness (QED) is 0.466. The van der Waals surface area contributed by atoms with E-state index in [0.717, 1.165) is 27.7 Å². The Morgan fingerprint density at radius 2 is 1.56 bits per heavy atom. The van der Waals surface area contributed by atoms with E-state index >= 15 is 0 Å². The van der Waals surface area contributed by atoms with Gasteiger partial charge in [-0.1, -0.05) is 48.5 Å². The third-order valence-corrected chi connectivity index (χ3v) is 7.76. The second kappa shape index (κ2) is 7.93. The van der Waals surface area contributed by atoms with Crippen LogP contribution >= 0.6 is 0 Å². The molecule has 2 heterocycles. The van der Waals surface area contributed by atoms with Gasteiger partial charge in [0.2, 0.25) is 9.84 Å². The number of para-hydroxylation sites is 1. The smallest absolute Gasteiger partial charge is 0.323 e. The fourth-order valence-corrected chi connectivity index (χ4v) is 5.65. The van der Waals surface area contributed by atoms with E-state index in [1.807, 2.05) is 24.3 Å². The molecule has 0 spiro atoms. The number of hydrogen-bond acceptors (Lipinski definition) is 5. The van der Waals surface area contributed by atoms with Crippen LogP contribution in [0.4, 0.5) is 0 Å². The molecule has 3 aromatic carbocycles. The first kappa shape index (κ1) is 20.5. The standard InChI is InChI=1S/C25H22N2O4S/c1-31-25(28)22-15-20-19-9-5-6-10-21(19)26-24(20)23(27-22)16-11-13-18(14-12-16)32(29,30)17-7-3-2-4-8-17/h2-14,22-23,26-27H,15H2,1H3. The molecule has 6 nitrogen and oxygen atoms in total. The molecule has 1 aliphatic heterocycles. The van der Waals surface area contributed by atoms with Crippen molar-refractivity contribution in [1.29, 1.82) is 0 Å². The van der Waals surface area contributed by atoms with Crippen LogP contribution in [0.2, 0.25) is 0 Å². The van der Waals surface area contributed by atoms with Crippen molar-refractivity contribution in [1.82, 2.24) is 10.3 Å². The maximum atomic E-state index is 12.9. The Kier molecular flexibility index (Phi) is 5.07. The predicted octanol–water partition coefficient (Wildman–Crippen LogP) is 3.78. The molecule has 2 unspecified atom stereocenters. The van der Waals surface area contributed by atoms with E-state index in [2.05, 4.69) is 10.3 Å². The molecule has 0 fully saturated rings. The number of carbonyl (C=O) groups is 1. The highest BCUT2D eigenvalue weighted by molar-refractivity contribution is 7.91. The van der Waals surface area contributed by atoms with Gasteiger partial charge < -0.3 is 9.72 Å². The van der Waals surface area contributed by atoms with E-state index in [1.54, 1.807) is 54.6 Å². The number of sulfone groups is 1. The topological polar surface area (TPSA) is 88.3 Å². The summed E-state index contributed by atoms with van der Waals surface area (Å²) in [7, 11) is -2.22. The number of hydrogen-bond donors (Lipinski definition) is 2. The van der Waals surface area contributed by atoms with Gasteiger partial charge in [0.15, 0.2) is 0 Å². The van der Waals surface area contributed by atoms with Gasteiger partial charge in [0.25, 0.3) is 0 Å². The van der Waals surface area contributed by atoms with Crippen molar-refractivity contribution in [3.05, 3.63) is 95.7 Å². The lowest BCUT2D eigenvalue weighted by atomic mass is 9.90. The Morgan fingerprint density at radius 3 is 2.28 bits per heavy atom. The van der Waals surface area contributed by atoms with E-state index in [9.17, 15) is 13.2 Å². The molecule has 0 radical (unpaired) electrons. The zero-order valence-electron chi connectivity index (χ0n) is 17.4. The van der Waals surface area contributed by atoms with Gasteiger partial charge in [-0.15, -0.1) is 0 Å². The van der Waals surface area contributed by atoms with Gasteiger partial charge in [-0.3, -0.25) is 10.1 Å². The maximum Gasteiger partial charge on any atom is 0.323 e. The number of nitrogens with one attached hydrogen (secondary N) is 2. The molecule has 4 aromatic rings. The Morgan fingerprint density at radius 1 is 0.906 bits per heavy atom. The number of aromatic amines is 1. The molecule has 162 valence electrons. The molecule has 1 aromatic heterocycles. The number of ether oxygens (including phenoxy) is 1. The molecule has 2 atom stereocenters. The van der Waals surface area contributed by atoms with Crippen LogP contribution in [-0.4, -0.2) is 32.5 Å². The molecule has 7 heteroatoms. The number of H-pyrrole nitrogens is 1. The highest BCUT2D eigenvalue weighted by Gasteiger charge is 2.34.